The Kier molecular flexibility index (Phi) is 17.0. The maximum Gasteiger partial charge on any atom is 0.0367 e. The molecule has 0 spiro atoms. The van der Waals surface area contributed by atoms with E-state index in [4.69, 9.17) is 0 Å². The molecule has 1 heteroatoms. The normalized spacial score (nSPS) is 9.41. The van der Waals surface area contributed by atoms with Crippen molar-refractivity contribution in [1.29, 1.82) is 0 Å². The van der Waals surface area contributed by atoms with Crippen LogP contribution in [0.5, 0.6) is 0 Å². The van der Waals surface area contributed by atoms with Crippen molar-refractivity contribution in [1.82, 2.24) is 0 Å². The molecule has 0 aliphatic heterocycles. The van der Waals surface area contributed by atoms with Gasteiger partial charge in [0.15, 0.2) is 0 Å². The minimum Gasteiger partial charge on any atom is -0.388 e. The molecule has 0 aromatic heterocycles. The summed E-state index contributed by atoms with van der Waals surface area (Å²) in [4.78, 5) is 0. The summed E-state index contributed by atoms with van der Waals surface area (Å²) in [6.07, 6.45) is 0. The van der Waals surface area contributed by atoms with Crippen LogP contribution in [0.3, 0.4) is 0 Å². The number of anilines is 1. The van der Waals surface area contributed by atoms with Crippen LogP contribution in [0.25, 0.3) is 33.4 Å². The van der Waals surface area contributed by atoms with Gasteiger partial charge in [0.1, 0.15) is 0 Å². The molecule has 0 heterocycles. The standard InChI is InChI=1S/C15H17N.2C13H12.2C2H6/c1-11-6-4-5-7-14(11)13-8-9-15(16-3)12(2)10-13;2*1-11-7-9-13(10-8-11)12-5-3-2-4-6-12;2*1-2/h4-10,16H,1-3H3;2*2-10H,1H3;2*1-2H3. The van der Waals surface area contributed by atoms with Crippen LogP contribution < -0.4 is 5.32 Å². The van der Waals surface area contributed by atoms with E-state index in [0.717, 1.165) is 0 Å². The molecule has 238 valence electrons. The molecule has 6 rings (SSSR count). The number of aryl methyl sites for hydroxylation is 4. The van der Waals surface area contributed by atoms with Gasteiger partial charge in [-0.15, -0.1) is 0 Å². The Labute approximate surface area is 280 Å². The van der Waals surface area contributed by atoms with E-state index >= 15 is 0 Å². The van der Waals surface area contributed by atoms with Crippen LogP contribution in [0.1, 0.15) is 49.9 Å². The first kappa shape index (κ1) is 37.3. The van der Waals surface area contributed by atoms with Crippen molar-refractivity contribution in [3.63, 3.8) is 0 Å². The van der Waals surface area contributed by atoms with Gasteiger partial charge in [0.05, 0.1) is 0 Å². The average molecular weight is 608 g/mol. The highest BCUT2D eigenvalue weighted by atomic mass is 14.8. The summed E-state index contributed by atoms with van der Waals surface area (Å²) < 4.78 is 0. The summed E-state index contributed by atoms with van der Waals surface area (Å²) >= 11 is 0. The molecule has 0 bridgehead atoms. The van der Waals surface area contributed by atoms with Crippen LogP contribution >= 0.6 is 0 Å². The molecule has 1 N–H and O–H groups in total. The molecular weight excluding hydrogens is 555 g/mol. The monoisotopic (exact) mass is 607 g/mol. The Balaban J connectivity index is 0.000000229. The lowest BCUT2D eigenvalue weighted by atomic mass is 9.98. The van der Waals surface area contributed by atoms with Gasteiger partial charge in [-0.1, -0.05) is 178 Å². The van der Waals surface area contributed by atoms with E-state index in [9.17, 15) is 0 Å². The Morgan fingerprint density at radius 1 is 0.348 bits per heavy atom. The molecule has 0 atom stereocenters. The average Bonchev–Trinajstić information content (AvgIpc) is 3.12. The predicted molar refractivity (Wildman–Crippen MR) is 207 cm³/mol. The molecule has 0 fully saturated rings. The zero-order valence-corrected chi connectivity index (χ0v) is 29.4. The largest absolute Gasteiger partial charge is 0.388 e. The van der Waals surface area contributed by atoms with E-state index in [1.807, 2.05) is 46.9 Å². The van der Waals surface area contributed by atoms with Gasteiger partial charge < -0.3 is 5.32 Å². The summed E-state index contributed by atoms with van der Waals surface area (Å²) in [5.41, 5.74) is 14.1. The van der Waals surface area contributed by atoms with Gasteiger partial charge in [-0.2, -0.15) is 0 Å². The number of hydrogen-bond acceptors (Lipinski definition) is 1. The molecule has 0 saturated heterocycles. The third kappa shape index (κ3) is 11.9. The van der Waals surface area contributed by atoms with E-state index in [-0.39, 0.29) is 0 Å². The zero-order valence-electron chi connectivity index (χ0n) is 29.4. The first-order valence-electron chi connectivity index (χ1n) is 16.5. The topological polar surface area (TPSA) is 12.0 Å². The van der Waals surface area contributed by atoms with Crippen LogP contribution in [-0.2, 0) is 0 Å². The van der Waals surface area contributed by atoms with E-state index in [1.54, 1.807) is 0 Å². The second-order valence-corrected chi connectivity index (χ2v) is 10.6. The molecular formula is C45H53N. The summed E-state index contributed by atoms with van der Waals surface area (Å²) in [6, 6.07) is 53.1. The van der Waals surface area contributed by atoms with Gasteiger partial charge in [0.25, 0.3) is 0 Å². The number of hydrogen-bond donors (Lipinski definition) is 1. The van der Waals surface area contributed by atoms with Gasteiger partial charge in [0.2, 0.25) is 0 Å². The van der Waals surface area contributed by atoms with Gasteiger partial charge in [0, 0.05) is 12.7 Å². The van der Waals surface area contributed by atoms with Crippen molar-refractivity contribution in [3.05, 3.63) is 174 Å². The fourth-order valence-electron chi connectivity index (χ4n) is 4.76. The highest BCUT2D eigenvalue weighted by Gasteiger charge is 2.03. The van der Waals surface area contributed by atoms with E-state index in [0.29, 0.717) is 0 Å². The molecule has 6 aromatic carbocycles. The Hall–Kier alpha value is -4.88. The molecule has 1 nitrogen and oxygen atoms in total. The number of benzene rings is 6. The second kappa shape index (κ2) is 21.0. The molecule has 0 saturated carbocycles. The Bertz CT molecular complexity index is 1570. The molecule has 46 heavy (non-hydrogen) atoms. The van der Waals surface area contributed by atoms with Gasteiger partial charge in [-0.3, -0.25) is 0 Å². The highest BCUT2D eigenvalue weighted by Crippen LogP contribution is 2.27. The SMILES string of the molecule is CC.CC.CNc1ccc(-c2ccccc2C)cc1C.Cc1ccc(-c2ccccc2)cc1.Cc1ccc(-c2ccccc2)cc1. The quantitative estimate of drug-likeness (QED) is 0.210. The van der Waals surface area contributed by atoms with Crippen molar-refractivity contribution in [2.45, 2.75) is 55.4 Å². The maximum atomic E-state index is 3.19. The second-order valence-electron chi connectivity index (χ2n) is 10.6. The Morgan fingerprint density at radius 3 is 1.11 bits per heavy atom. The van der Waals surface area contributed by atoms with Gasteiger partial charge >= 0.3 is 0 Å². The summed E-state index contributed by atoms with van der Waals surface area (Å²) in [7, 11) is 1.95. The number of nitrogens with one attached hydrogen (secondary N) is 1. The van der Waals surface area contributed by atoms with Crippen LogP contribution in [0.15, 0.2) is 152 Å². The van der Waals surface area contributed by atoms with Crippen LogP contribution in [0.4, 0.5) is 5.69 Å². The predicted octanol–water partition coefficient (Wildman–Crippen LogP) is 13.4. The third-order valence-corrected chi connectivity index (χ3v) is 7.27. The van der Waals surface area contributed by atoms with Gasteiger partial charge in [-0.05, 0) is 84.3 Å². The molecule has 0 unspecified atom stereocenters. The highest BCUT2D eigenvalue weighted by molar-refractivity contribution is 5.71. The van der Waals surface area contributed by atoms with E-state index < -0.39 is 0 Å². The fourth-order valence-corrected chi connectivity index (χ4v) is 4.76. The van der Waals surface area contributed by atoms with Crippen LogP contribution in [0.2, 0.25) is 0 Å². The lowest BCUT2D eigenvalue weighted by Crippen LogP contribution is -1.92. The maximum absolute atomic E-state index is 3.19. The van der Waals surface area contributed by atoms with Crippen LogP contribution in [-0.4, -0.2) is 7.05 Å². The fraction of sp³-hybridized carbons (Fsp3) is 0.200. The van der Waals surface area contributed by atoms with Gasteiger partial charge in [-0.25, -0.2) is 0 Å². The van der Waals surface area contributed by atoms with Crippen molar-refractivity contribution >= 4 is 5.69 Å². The summed E-state index contributed by atoms with van der Waals surface area (Å²) in [6.45, 7) is 16.5. The zero-order chi connectivity index (χ0) is 33.7. The first-order valence-corrected chi connectivity index (χ1v) is 16.5. The minimum absolute atomic E-state index is 1.19. The molecule has 6 aromatic rings. The van der Waals surface area contributed by atoms with Crippen molar-refractivity contribution in [2.75, 3.05) is 12.4 Å². The number of rotatable bonds is 4. The van der Waals surface area contributed by atoms with E-state index in [2.05, 4.69) is 173 Å². The molecule has 0 aliphatic carbocycles. The van der Waals surface area contributed by atoms with Crippen LogP contribution in [0, 0.1) is 27.7 Å². The van der Waals surface area contributed by atoms with Crippen molar-refractivity contribution in [2.24, 2.45) is 0 Å². The van der Waals surface area contributed by atoms with Crippen molar-refractivity contribution in [3.8, 4) is 33.4 Å². The lowest BCUT2D eigenvalue weighted by molar-refractivity contribution is 1.39. The summed E-state index contributed by atoms with van der Waals surface area (Å²) in [5, 5.41) is 3.19. The summed E-state index contributed by atoms with van der Waals surface area (Å²) in [5.74, 6) is 0. The first-order chi connectivity index (χ1) is 22.4. The third-order valence-electron chi connectivity index (χ3n) is 7.27. The smallest absolute Gasteiger partial charge is 0.0367 e. The molecule has 0 amide bonds. The Morgan fingerprint density at radius 2 is 0.717 bits per heavy atom. The minimum atomic E-state index is 1.19. The molecule has 0 radical (unpaired) electrons. The van der Waals surface area contributed by atoms with Crippen molar-refractivity contribution < 1.29 is 0 Å². The van der Waals surface area contributed by atoms with E-state index in [1.165, 1.54) is 61.3 Å². The molecule has 0 aliphatic rings. The lowest BCUT2D eigenvalue weighted by Gasteiger charge is -2.10.